The van der Waals surface area contributed by atoms with Crippen molar-refractivity contribution in [3.63, 3.8) is 0 Å². The first-order valence-electron chi connectivity index (χ1n) is 5.98. The number of piperidine rings is 1. The Morgan fingerprint density at radius 1 is 1.47 bits per heavy atom. The molecule has 1 heterocycles. The minimum Gasteiger partial charge on any atom is -0.374 e. The van der Waals surface area contributed by atoms with E-state index in [1.807, 2.05) is 6.92 Å². The molecule has 0 saturated carbocycles. The lowest BCUT2D eigenvalue weighted by Gasteiger charge is -2.30. The van der Waals surface area contributed by atoms with Crippen LogP contribution in [-0.4, -0.2) is 51.1 Å². The van der Waals surface area contributed by atoms with E-state index in [1.165, 1.54) is 10.6 Å². The normalized spacial score (nSPS) is 22.6. The lowest BCUT2D eigenvalue weighted by molar-refractivity contribution is -0.124. The number of sulfonamides is 1. The van der Waals surface area contributed by atoms with E-state index < -0.39 is 10.0 Å². The quantitative estimate of drug-likeness (QED) is 0.706. The Hall–Kier alpha value is -0.460. The SMILES string of the molecule is CCOCC(=O)CC1CCCN(S(C)(=O)=O)C1. The van der Waals surface area contributed by atoms with Crippen LogP contribution in [0, 0.1) is 5.92 Å². The van der Waals surface area contributed by atoms with Crippen LogP contribution in [-0.2, 0) is 19.6 Å². The molecule has 0 aromatic heterocycles. The van der Waals surface area contributed by atoms with Gasteiger partial charge in [0.25, 0.3) is 0 Å². The Kier molecular flexibility index (Phi) is 5.55. The van der Waals surface area contributed by atoms with Crippen LogP contribution in [0.4, 0.5) is 0 Å². The van der Waals surface area contributed by atoms with Crippen LogP contribution in [0.1, 0.15) is 26.2 Å². The average molecular weight is 263 g/mol. The van der Waals surface area contributed by atoms with Crippen LogP contribution in [0.25, 0.3) is 0 Å². The summed E-state index contributed by atoms with van der Waals surface area (Å²) in [5.74, 6) is 0.207. The van der Waals surface area contributed by atoms with Gasteiger partial charge in [0.05, 0.1) is 6.26 Å². The van der Waals surface area contributed by atoms with Crippen molar-refractivity contribution >= 4 is 15.8 Å². The zero-order valence-electron chi connectivity index (χ0n) is 10.5. The van der Waals surface area contributed by atoms with Gasteiger partial charge in [-0.05, 0) is 25.7 Å². The van der Waals surface area contributed by atoms with Crippen molar-refractivity contribution in [2.45, 2.75) is 26.2 Å². The first-order valence-corrected chi connectivity index (χ1v) is 7.83. The van der Waals surface area contributed by atoms with Gasteiger partial charge >= 0.3 is 0 Å². The highest BCUT2D eigenvalue weighted by Crippen LogP contribution is 2.21. The molecule has 0 N–H and O–H groups in total. The maximum absolute atomic E-state index is 11.5. The summed E-state index contributed by atoms with van der Waals surface area (Å²) in [6.45, 7) is 3.57. The van der Waals surface area contributed by atoms with Crippen molar-refractivity contribution in [2.75, 3.05) is 32.6 Å². The number of nitrogens with zero attached hydrogens (tertiary/aromatic N) is 1. The van der Waals surface area contributed by atoms with Gasteiger partial charge in [-0.15, -0.1) is 0 Å². The number of carbonyl (C=O) groups is 1. The van der Waals surface area contributed by atoms with Gasteiger partial charge in [-0.2, -0.15) is 0 Å². The lowest BCUT2D eigenvalue weighted by Crippen LogP contribution is -2.40. The van der Waals surface area contributed by atoms with Gasteiger partial charge in [0, 0.05) is 26.1 Å². The smallest absolute Gasteiger partial charge is 0.211 e. The first-order chi connectivity index (χ1) is 7.93. The Morgan fingerprint density at radius 2 is 2.18 bits per heavy atom. The molecule has 0 aromatic rings. The molecule has 1 rings (SSSR count). The summed E-state index contributed by atoms with van der Waals surface area (Å²) in [5, 5.41) is 0. The second-order valence-electron chi connectivity index (χ2n) is 4.51. The lowest BCUT2D eigenvalue weighted by atomic mass is 9.94. The van der Waals surface area contributed by atoms with Crippen molar-refractivity contribution in [2.24, 2.45) is 5.92 Å². The van der Waals surface area contributed by atoms with Gasteiger partial charge < -0.3 is 4.74 Å². The summed E-state index contributed by atoms with van der Waals surface area (Å²) in [4.78, 5) is 11.5. The summed E-state index contributed by atoms with van der Waals surface area (Å²) in [7, 11) is -3.12. The summed E-state index contributed by atoms with van der Waals surface area (Å²) < 4.78 is 29.3. The van der Waals surface area contributed by atoms with Gasteiger partial charge in [-0.1, -0.05) is 0 Å². The molecular formula is C11H21NO4S. The van der Waals surface area contributed by atoms with E-state index in [1.54, 1.807) is 0 Å². The molecule has 1 saturated heterocycles. The fraction of sp³-hybridized carbons (Fsp3) is 0.909. The molecule has 1 fully saturated rings. The molecular weight excluding hydrogens is 242 g/mol. The van der Waals surface area contributed by atoms with E-state index in [0.29, 0.717) is 26.1 Å². The standard InChI is InChI=1S/C11H21NO4S/c1-3-16-9-11(13)7-10-5-4-6-12(8-10)17(2,14)15/h10H,3-9H2,1-2H3. The maximum atomic E-state index is 11.5. The third-order valence-corrected chi connectivity index (χ3v) is 4.20. The van der Waals surface area contributed by atoms with Crippen LogP contribution < -0.4 is 0 Å². The Bertz CT molecular complexity index is 352. The van der Waals surface area contributed by atoms with E-state index in [9.17, 15) is 13.2 Å². The van der Waals surface area contributed by atoms with E-state index in [4.69, 9.17) is 4.74 Å². The molecule has 1 unspecified atom stereocenters. The Labute approximate surface area is 103 Å². The van der Waals surface area contributed by atoms with Crippen LogP contribution in [0.3, 0.4) is 0 Å². The molecule has 100 valence electrons. The Morgan fingerprint density at radius 3 is 2.76 bits per heavy atom. The van der Waals surface area contributed by atoms with Crippen molar-refractivity contribution in [1.29, 1.82) is 0 Å². The average Bonchev–Trinajstić information content (AvgIpc) is 2.25. The van der Waals surface area contributed by atoms with Crippen molar-refractivity contribution in [3.8, 4) is 0 Å². The van der Waals surface area contributed by atoms with Crippen LogP contribution >= 0.6 is 0 Å². The van der Waals surface area contributed by atoms with E-state index in [2.05, 4.69) is 0 Å². The van der Waals surface area contributed by atoms with E-state index >= 15 is 0 Å². The highest BCUT2D eigenvalue weighted by Gasteiger charge is 2.26. The number of ether oxygens (including phenoxy) is 1. The van der Waals surface area contributed by atoms with Crippen LogP contribution in [0.5, 0.6) is 0 Å². The third kappa shape index (κ3) is 5.14. The van der Waals surface area contributed by atoms with Gasteiger partial charge in [-0.3, -0.25) is 4.79 Å². The molecule has 6 heteroatoms. The fourth-order valence-corrected chi connectivity index (χ4v) is 3.03. The van der Waals surface area contributed by atoms with E-state index in [-0.39, 0.29) is 18.3 Å². The summed E-state index contributed by atoms with van der Waals surface area (Å²) in [6.07, 6.45) is 3.40. The molecule has 1 aliphatic heterocycles. The number of Topliss-reactive ketones (excluding diaryl/α,β-unsaturated/α-hetero) is 1. The van der Waals surface area contributed by atoms with Gasteiger partial charge in [0.1, 0.15) is 6.61 Å². The molecule has 0 aromatic carbocycles. The zero-order valence-corrected chi connectivity index (χ0v) is 11.3. The molecule has 17 heavy (non-hydrogen) atoms. The van der Waals surface area contributed by atoms with E-state index in [0.717, 1.165) is 12.8 Å². The largest absolute Gasteiger partial charge is 0.374 e. The molecule has 0 amide bonds. The summed E-state index contributed by atoms with van der Waals surface area (Å²) >= 11 is 0. The number of ketones is 1. The highest BCUT2D eigenvalue weighted by molar-refractivity contribution is 7.88. The second-order valence-corrected chi connectivity index (χ2v) is 6.49. The molecule has 0 spiro atoms. The molecule has 0 bridgehead atoms. The number of hydrogen-bond acceptors (Lipinski definition) is 4. The summed E-state index contributed by atoms with van der Waals surface area (Å²) in [6, 6.07) is 0. The zero-order chi connectivity index (χ0) is 12.9. The maximum Gasteiger partial charge on any atom is 0.211 e. The molecule has 0 radical (unpaired) electrons. The van der Waals surface area contributed by atoms with Gasteiger partial charge in [-0.25, -0.2) is 12.7 Å². The number of rotatable bonds is 6. The molecule has 5 nitrogen and oxygen atoms in total. The minimum atomic E-state index is -3.12. The van der Waals surface area contributed by atoms with Crippen molar-refractivity contribution in [1.82, 2.24) is 4.31 Å². The second kappa shape index (κ2) is 6.47. The third-order valence-electron chi connectivity index (χ3n) is 2.93. The number of hydrogen-bond donors (Lipinski definition) is 0. The summed E-state index contributed by atoms with van der Waals surface area (Å²) in [5.41, 5.74) is 0. The molecule has 1 aliphatic rings. The highest BCUT2D eigenvalue weighted by atomic mass is 32.2. The van der Waals surface area contributed by atoms with Crippen LogP contribution in [0.2, 0.25) is 0 Å². The monoisotopic (exact) mass is 263 g/mol. The minimum absolute atomic E-state index is 0.0622. The fourth-order valence-electron chi connectivity index (χ4n) is 2.09. The topological polar surface area (TPSA) is 63.7 Å². The van der Waals surface area contributed by atoms with Crippen molar-refractivity contribution < 1.29 is 17.9 Å². The Balaban J connectivity index is 2.42. The van der Waals surface area contributed by atoms with Gasteiger partial charge in [0.15, 0.2) is 5.78 Å². The molecule has 0 aliphatic carbocycles. The van der Waals surface area contributed by atoms with Crippen LogP contribution in [0.15, 0.2) is 0 Å². The number of carbonyl (C=O) groups excluding carboxylic acids is 1. The predicted molar refractivity (Wildman–Crippen MR) is 65.3 cm³/mol. The first kappa shape index (κ1) is 14.6. The van der Waals surface area contributed by atoms with Gasteiger partial charge in [0.2, 0.25) is 10.0 Å². The predicted octanol–water partition coefficient (Wildman–Crippen LogP) is 0.654. The van der Waals surface area contributed by atoms with Crippen molar-refractivity contribution in [3.05, 3.63) is 0 Å². The molecule has 1 atom stereocenters.